The first-order valence-corrected chi connectivity index (χ1v) is 8.29. The zero-order valence-corrected chi connectivity index (χ0v) is 12.6. The molecule has 0 saturated heterocycles. The standard InChI is InChI=1S/C16H25NS/c1-4-14-6-8-15(9-7-14)13(2)17-12-16(18-3)10-5-11-16/h6-9,13,17H,4-5,10-12H2,1-3H3. The average Bonchev–Trinajstić information content (AvgIpc) is 2.38. The Kier molecular flexibility index (Phi) is 4.74. The molecular formula is C16H25NS. The van der Waals surface area contributed by atoms with Gasteiger partial charge in [-0.1, -0.05) is 37.6 Å². The fraction of sp³-hybridized carbons (Fsp3) is 0.625. The maximum absolute atomic E-state index is 3.71. The van der Waals surface area contributed by atoms with Crippen molar-refractivity contribution in [3.8, 4) is 0 Å². The third-order valence-corrected chi connectivity index (χ3v) is 5.73. The number of thioether (sulfide) groups is 1. The zero-order valence-electron chi connectivity index (χ0n) is 11.8. The molecule has 0 bridgehead atoms. The first-order valence-electron chi connectivity index (χ1n) is 7.06. The summed E-state index contributed by atoms with van der Waals surface area (Å²) in [6, 6.07) is 9.50. The molecule has 0 aliphatic heterocycles. The predicted molar refractivity (Wildman–Crippen MR) is 82.3 cm³/mol. The highest BCUT2D eigenvalue weighted by molar-refractivity contribution is 8.00. The molecule has 0 heterocycles. The van der Waals surface area contributed by atoms with E-state index in [1.165, 1.54) is 30.4 Å². The van der Waals surface area contributed by atoms with Gasteiger partial charge in [0.25, 0.3) is 0 Å². The molecule has 1 unspecified atom stereocenters. The summed E-state index contributed by atoms with van der Waals surface area (Å²) in [5, 5.41) is 3.71. The van der Waals surface area contributed by atoms with Crippen LogP contribution < -0.4 is 5.32 Å². The molecule has 0 aromatic heterocycles. The van der Waals surface area contributed by atoms with Crippen LogP contribution in [-0.4, -0.2) is 17.5 Å². The van der Waals surface area contributed by atoms with Crippen LogP contribution in [0.3, 0.4) is 0 Å². The smallest absolute Gasteiger partial charge is 0.0292 e. The summed E-state index contributed by atoms with van der Waals surface area (Å²) in [4.78, 5) is 0. The molecule has 0 spiro atoms. The van der Waals surface area contributed by atoms with E-state index >= 15 is 0 Å². The molecule has 1 aliphatic carbocycles. The van der Waals surface area contributed by atoms with Gasteiger partial charge >= 0.3 is 0 Å². The fourth-order valence-electron chi connectivity index (χ4n) is 2.52. The van der Waals surface area contributed by atoms with Crippen molar-refractivity contribution in [2.75, 3.05) is 12.8 Å². The Hall–Kier alpha value is -0.470. The lowest BCUT2D eigenvalue weighted by Crippen LogP contribution is -2.43. The quantitative estimate of drug-likeness (QED) is 0.826. The predicted octanol–water partition coefficient (Wildman–Crippen LogP) is 4.19. The highest BCUT2D eigenvalue weighted by Gasteiger charge is 2.35. The van der Waals surface area contributed by atoms with E-state index in [4.69, 9.17) is 0 Å². The van der Waals surface area contributed by atoms with Crippen molar-refractivity contribution in [1.29, 1.82) is 0 Å². The van der Waals surface area contributed by atoms with Crippen LogP contribution in [0.5, 0.6) is 0 Å². The largest absolute Gasteiger partial charge is 0.309 e. The second-order valence-electron chi connectivity index (χ2n) is 5.44. The monoisotopic (exact) mass is 263 g/mol. The third kappa shape index (κ3) is 3.10. The summed E-state index contributed by atoms with van der Waals surface area (Å²) in [7, 11) is 0. The van der Waals surface area contributed by atoms with Gasteiger partial charge in [0.15, 0.2) is 0 Å². The van der Waals surface area contributed by atoms with Crippen LogP contribution in [0.15, 0.2) is 24.3 Å². The molecular weight excluding hydrogens is 238 g/mol. The van der Waals surface area contributed by atoms with E-state index in [0.717, 1.165) is 13.0 Å². The molecule has 1 N–H and O–H groups in total. The molecule has 0 radical (unpaired) electrons. The minimum atomic E-state index is 0.459. The van der Waals surface area contributed by atoms with Crippen molar-refractivity contribution in [3.63, 3.8) is 0 Å². The Labute approximate surface area is 116 Å². The minimum Gasteiger partial charge on any atom is -0.309 e. The Morgan fingerprint density at radius 2 is 1.94 bits per heavy atom. The second kappa shape index (κ2) is 6.12. The Morgan fingerprint density at radius 3 is 2.39 bits per heavy atom. The van der Waals surface area contributed by atoms with Crippen LogP contribution in [0.4, 0.5) is 0 Å². The molecule has 2 heteroatoms. The molecule has 18 heavy (non-hydrogen) atoms. The van der Waals surface area contributed by atoms with Gasteiger partial charge in [0.1, 0.15) is 0 Å². The van der Waals surface area contributed by atoms with Gasteiger partial charge in [-0.05, 0) is 43.6 Å². The van der Waals surface area contributed by atoms with Gasteiger partial charge in [-0.25, -0.2) is 0 Å². The van der Waals surface area contributed by atoms with Crippen molar-refractivity contribution in [2.45, 2.75) is 50.3 Å². The summed E-state index contributed by atoms with van der Waals surface area (Å²) < 4.78 is 0.525. The summed E-state index contributed by atoms with van der Waals surface area (Å²) in [6.07, 6.45) is 7.53. The van der Waals surface area contributed by atoms with Crippen LogP contribution in [0.25, 0.3) is 0 Å². The van der Waals surface area contributed by atoms with Crippen molar-refractivity contribution in [2.24, 2.45) is 0 Å². The lowest BCUT2D eigenvalue weighted by Gasteiger charge is -2.41. The van der Waals surface area contributed by atoms with Gasteiger partial charge in [0.05, 0.1) is 0 Å². The molecule has 1 saturated carbocycles. The van der Waals surface area contributed by atoms with E-state index in [-0.39, 0.29) is 0 Å². The van der Waals surface area contributed by atoms with Crippen molar-refractivity contribution < 1.29 is 0 Å². The zero-order chi connectivity index (χ0) is 13.0. The van der Waals surface area contributed by atoms with Gasteiger partial charge < -0.3 is 5.32 Å². The molecule has 2 rings (SSSR count). The third-order valence-electron chi connectivity index (χ3n) is 4.32. The van der Waals surface area contributed by atoms with Crippen LogP contribution in [-0.2, 0) is 6.42 Å². The highest BCUT2D eigenvalue weighted by atomic mass is 32.2. The minimum absolute atomic E-state index is 0.459. The molecule has 1 fully saturated rings. The van der Waals surface area contributed by atoms with Crippen LogP contribution in [0, 0.1) is 0 Å². The van der Waals surface area contributed by atoms with E-state index in [9.17, 15) is 0 Å². The Bertz CT molecular complexity index is 362. The van der Waals surface area contributed by atoms with Crippen molar-refractivity contribution in [3.05, 3.63) is 35.4 Å². The van der Waals surface area contributed by atoms with E-state index in [0.29, 0.717) is 10.8 Å². The van der Waals surface area contributed by atoms with Crippen LogP contribution >= 0.6 is 11.8 Å². The second-order valence-corrected chi connectivity index (χ2v) is 6.71. The molecule has 1 nitrogen and oxygen atoms in total. The fourth-order valence-corrected chi connectivity index (χ4v) is 3.45. The molecule has 1 aliphatic rings. The Morgan fingerprint density at radius 1 is 1.28 bits per heavy atom. The molecule has 100 valence electrons. The van der Waals surface area contributed by atoms with Gasteiger partial charge in [-0.15, -0.1) is 0 Å². The van der Waals surface area contributed by atoms with E-state index in [2.05, 4.69) is 49.7 Å². The van der Waals surface area contributed by atoms with Gasteiger partial charge in [0.2, 0.25) is 0 Å². The topological polar surface area (TPSA) is 12.0 Å². The maximum Gasteiger partial charge on any atom is 0.0292 e. The summed E-state index contributed by atoms with van der Waals surface area (Å²) in [6.45, 7) is 5.62. The number of benzene rings is 1. The number of rotatable bonds is 6. The lowest BCUT2D eigenvalue weighted by atomic mass is 9.84. The summed E-state index contributed by atoms with van der Waals surface area (Å²) in [5.41, 5.74) is 2.83. The average molecular weight is 263 g/mol. The number of nitrogens with one attached hydrogen (secondary N) is 1. The van der Waals surface area contributed by atoms with Crippen molar-refractivity contribution in [1.82, 2.24) is 5.32 Å². The van der Waals surface area contributed by atoms with E-state index < -0.39 is 0 Å². The molecule has 0 amide bonds. The summed E-state index contributed by atoms with van der Waals surface area (Å²) in [5.74, 6) is 0. The normalized spacial score (nSPS) is 19.3. The first-order chi connectivity index (χ1) is 8.69. The van der Waals surface area contributed by atoms with E-state index in [1.807, 2.05) is 11.8 Å². The Balaban J connectivity index is 1.88. The summed E-state index contributed by atoms with van der Waals surface area (Å²) >= 11 is 2.04. The van der Waals surface area contributed by atoms with Gasteiger partial charge in [-0.3, -0.25) is 0 Å². The van der Waals surface area contributed by atoms with Gasteiger partial charge in [0, 0.05) is 17.3 Å². The number of hydrogen-bond donors (Lipinski definition) is 1. The van der Waals surface area contributed by atoms with Crippen LogP contribution in [0.1, 0.15) is 50.3 Å². The first kappa shape index (κ1) is 14.0. The van der Waals surface area contributed by atoms with Gasteiger partial charge in [-0.2, -0.15) is 11.8 Å². The molecule has 1 aromatic rings. The molecule has 1 aromatic carbocycles. The lowest BCUT2D eigenvalue weighted by molar-refractivity contribution is 0.334. The maximum atomic E-state index is 3.71. The number of hydrogen-bond acceptors (Lipinski definition) is 2. The molecule has 1 atom stereocenters. The highest BCUT2D eigenvalue weighted by Crippen LogP contribution is 2.42. The van der Waals surface area contributed by atoms with Crippen molar-refractivity contribution >= 4 is 11.8 Å². The number of aryl methyl sites for hydroxylation is 1. The SMILES string of the molecule is CCc1ccc(C(C)NCC2(SC)CCC2)cc1. The van der Waals surface area contributed by atoms with E-state index in [1.54, 1.807) is 0 Å². The van der Waals surface area contributed by atoms with Crippen LogP contribution in [0.2, 0.25) is 0 Å².